The van der Waals surface area contributed by atoms with Crippen LogP contribution < -0.4 is 10.2 Å². The smallest absolute Gasteiger partial charge is 0.228 e. The lowest BCUT2D eigenvalue weighted by atomic mass is 10.1. The van der Waals surface area contributed by atoms with Gasteiger partial charge >= 0.3 is 0 Å². The van der Waals surface area contributed by atoms with Crippen LogP contribution in [0, 0.1) is 11.8 Å². The summed E-state index contributed by atoms with van der Waals surface area (Å²) in [6, 6.07) is 4.14. The molecule has 1 N–H and O–H groups in total. The Balaban J connectivity index is 1.38. The Morgan fingerprint density at radius 3 is 2.97 bits per heavy atom. The molecule has 2 atom stereocenters. The summed E-state index contributed by atoms with van der Waals surface area (Å²) >= 11 is 6.29. The van der Waals surface area contributed by atoms with Crippen molar-refractivity contribution < 1.29 is 24.6 Å². The van der Waals surface area contributed by atoms with Crippen molar-refractivity contribution >= 4 is 45.4 Å². The van der Waals surface area contributed by atoms with Gasteiger partial charge in [-0.25, -0.2) is 19.5 Å². The Kier molecular flexibility index (Phi) is 2.81. The summed E-state index contributed by atoms with van der Waals surface area (Å²) in [5.41, 5.74) is 0.326. The Morgan fingerprint density at radius 1 is 1.27 bits per heavy atom. The van der Waals surface area contributed by atoms with Crippen molar-refractivity contribution in [3.63, 3.8) is 0 Å². The fourth-order valence-electron chi connectivity index (χ4n) is 3.49. The molecule has 1 aliphatic heterocycles. The molecule has 1 saturated heterocycles. The van der Waals surface area contributed by atoms with Crippen LogP contribution in [-0.2, 0) is 9.53 Å². The van der Waals surface area contributed by atoms with E-state index in [2.05, 4.69) is 30.1 Å². The van der Waals surface area contributed by atoms with Crippen molar-refractivity contribution in [2.75, 3.05) is 36.3 Å². The fourth-order valence-corrected chi connectivity index (χ4v) is 3.69. The number of nitrogens with one attached hydrogen (secondary N) is 1. The summed E-state index contributed by atoms with van der Waals surface area (Å²) in [5.74, 6) is -1.62. The zero-order chi connectivity index (χ0) is 32.2. The maximum atomic E-state index is 12.7. The molecule has 9 nitrogen and oxygen atoms in total. The number of anilines is 2. The molecule has 2 aliphatic rings. The van der Waals surface area contributed by atoms with E-state index in [1.54, 1.807) is 0 Å². The van der Waals surface area contributed by atoms with Crippen LogP contribution in [0.1, 0.15) is 28.4 Å². The van der Waals surface area contributed by atoms with Gasteiger partial charge in [-0.3, -0.25) is 4.79 Å². The van der Waals surface area contributed by atoms with Gasteiger partial charge in [0.1, 0.15) is 11.0 Å². The molecular formula is C23H22ClN7O2. The molecule has 4 aromatic heterocycles. The van der Waals surface area contributed by atoms with Gasteiger partial charge in [0.15, 0.2) is 11.5 Å². The van der Waals surface area contributed by atoms with Crippen molar-refractivity contribution in [2.45, 2.75) is 13.3 Å². The van der Waals surface area contributed by atoms with Gasteiger partial charge in [-0.05, 0) is 30.5 Å². The molecule has 4 aromatic rings. The molecule has 0 bridgehead atoms. The van der Waals surface area contributed by atoms with E-state index >= 15 is 0 Å². The molecule has 1 saturated carbocycles. The van der Waals surface area contributed by atoms with E-state index in [4.69, 9.17) is 26.7 Å². The number of pyridine rings is 3. The molecule has 1 aliphatic carbocycles. The summed E-state index contributed by atoms with van der Waals surface area (Å²) in [4.78, 5) is 25.8. The Bertz CT molecular complexity index is 1810. The number of hydrogen-bond donors (Lipinski definition) is 1. The third-order valence-corrected chi connectivity index (χ3v) is 5.63. The molecule has 168 valence electrons. The fraction of sp³-hybridized carbons (Fsp3) is 0.348. The molecule has 33 heavy (non-hydrogen) atoms. The zero-order valence-corrected chi connectivity index (χ0v) is 17.5. The van der Waals surface area contributed by atoms with Gasteiger partial charge in [0, 0.05) is 51.8 Å². The second kappa shape index (κ2) is 7.93. The van der Waals surface area contributed by atoms with Crippen molar-refractivity contribution in [1.82, 2.24) is 24.6 Å². The first-order valence-electron chi connectivity index (χ1n) is 15.4. The van der Waals surface area contributed by atoms with Crippen LogP contribution in [0.2, 0.25) is 5.15 Å². The Labute approximate surface area is 210 Å². The maximum absolute atomic E-state index is 12.7. The van der Waals surface area contributed by atoms with Crippen molar-refractivity contribution in [3.8, 4) is 11.4 Å². The van der Waals surface area contributed by atoms with Crippen LogP contribution in [0.4, 0.5) is 11.5 Å². The highest BCUT2D eigenvalue weighted by molar-refractivity contribution is 6.34. The maximum Gasteiger partial charge on any atom is 0.228 e. The van der Waals surface area contributed by atoms with Gasteiger partial charge in [-0.2, -0.15) is 0 Å². The van der Waals surface area contributed by atoms with E-state index in [0.29, 0.717) is 21.2 Å². The summed E-state index contributed by atoms with van der Waals surface area (Å²) in [7, 11) is 0. The zero-order valence-electron chi connectivity index (χ0n) is 27.7. The number of carbonyl (C=O) groups excluding carboxylic acids is 1. The van der Waals surface area contributed by atoms with E-state index in [9.17, 15) is 4.79 Å². The van der Waals surface area contributed by atoms with Gasteiger partial charge in [-0.15, -0.1) is 5.10 Å². The van der Waals surface area contributed by atoms with Gasteiger partial charge < -0.3 is 15.0 Å². The number of carbonyl (C=O) groups is 1. The van der Waals surface area contributed by atoms with Gasteiger partial charge in [0.2, 0.25) is 5.91 Å². The lowest BCUT2D eigenvalue weighted by molar-refractivity contribution is -0.117. The highest BCUT2D eigenvalue weighted by Gasteiger charge is 2.39. The number of hydrogen-bond acceptors (Lipinski definition) is 7. The number of halogens is 1. The van der Waals surface area contributed by atoms with E-state index in [0.717, 1.165) is 0 Å². The molecule has 6 rings (SSSR count). The molecule has 0 radical (unpaired) electrons. The predicted molar refractivity (Wildman–Crippen MR) is 125 cm³/mol. The van der Waals surface area contributed by atoms with Crippen LogP contribution in [0.25, 0.3) is 27.8 Å². The Morgan fingerprint density at radius 2 is 2.15 bits per heavy atom. The van der Waals surface area contributed by atoms with Gasteiger partial charge in [-0.1, -0.05) is 18.5 Å². The lowest BCUT2D eigenvalue weighted by Crippen LogP contribution is -2.36. The first kappa shape index (κ1) is 11.7. The second-order valence-corrected chi connectivity index (χ2v) is 7.86. The number of ether oxygens (including phenoxy) is 1. The lowest BCUT2D eigenvalue weighted by Gasteiger charge is -2.28. The molecule has 0 unspecified atom stereocenters. The number of amides is 1. The molecule has 0 spiro atoms. The molecule has 10 heteroatoms. The van der Waals surface area contributed by atoms with E-state index < -0.39 is 50.7 Å². The summed E-state index contributed by atoms with van der Waals surface area (Å²) in [6.07, 6.45) is 4.19. The number of aromatic nitrogens is 5. The van der Waals surface area contributed by atoms with Gasteiger partial charge in [0.25, 0.3) is 0 Å². The standard InChI is InChI=1S/C23H22ClN7O2/c1-13-8-15(13)23(32)27-19-9-16-17(10-25-19)21(24)26-11-18(16)22-28-20-3-2-14(12-31(20)29-22)30-4-6-33-7-5-30/h2-3,9-13,15H,4-8H2,1H3,(H,25,27,32)/t13-,15+/m1/s1/i1D3,4D2,5D2,6D2,7D2. The van der Waals surface area contributed by atoms with Crippen LogP contribution in [0.3, 0.4) is 0 Å². The number of nitrogens with zero attached hydrogens (tertiary/aromatic N) is 6. The van der Waals surface area contributed by atoms with E-state index in [1.165, 1.54) is 41.3 Å². The number of rotatable bonds is 4. The minimum absolute atomic E-state index is 0.100. The average molecular weight is 475 g/mol. The molecule has 0 aromatic carbocycles. The molecule has 1 amide bonds. The minimum atomic E-state index is -3.23. The largest absolute Gasteiger partial charge is 0.378 e. The second-order valence-electron chi connectivity index (χ2n) is 7.51. The summed E-state index contributed by atoms with van der Waals surface area (Å²) in [6.45, 7) is -15.0. The third kappa shape index (κ3) is 3.77. The van der Waals surface area contributed by atoms with E-state index in [-0.39, 0.29) is 34.6 Å². The predicted octanol–water partition coefficient (Wildman–Crippen LogP) is 3.42. The SMILES string of the molecule is [2H]C([2H])([2H])[C@@H]1C[C@@H]1C(=O)Nc1cc2c(-c3nc4ccc(N5C([2H])([2H])C([2H])([2H])OC([2H])([2H])C5([2H])[2H])cn4n3)cnc(Cl)c2cn1. The normalized spacial score (nSPS) is 31.8. The third-order valence-electron chi connectivity index (χ3n) is 5.33. The topological polar surface area (TPSA) is 97.5 Å². The molecular weight excluding hydrogens is 442 g/mol. The summed E-state index contributed by atoms with van der Waals surface area (Å²) in [5, 5.41) is 7.99. The molecule has 5 heterocycles. The van der Waals surface area contributed by atoms with Gasteiger partial charge in [0.05, 0.1) is 36.0 Å². The minimum Gasteiger partial charge on any atom is -0.378 e. The number of morpholine rings is 1. The van der Waals surface area contributed by atoms with Crippen LogP contribution >= 0.6 is 11.6 Å². The van der Waals surface area contributed by atoms with Crippen molar-refractivity contribution in [2.24, 2.45) is 11.8 Å². The van der Waals surface area contributed by atoms with Crippen molar-refractivity contribution in [3.05, 3.63) is 41.9 Å². The average Bonchev–Trinajstić information content (AvgIpc) is 3.61. The first-order valence-corrected chi connectivity index (χ1v) is 10.2. The Hall–Kier alpha value is -3.30. The first-order chi connectivity index (χ1) is 20.2. The van der Waals surface area contributed by atoms with Crippen LogP contribution in [-0.4, -0.2) is 56.6 Å². The monoisotopic (exact) mass is 474 g/mol. The number of fused-ring (bicyclic) bond motifs is 2. The van der Waals surface area contributed by atoms with E-state index in [1.807, 2.05) is 0 Å². The van der Waals surface area contributed by atoms with Crippen molar-refractivity contribution in [1.29, 1.82) is 0 Å². The summed E-state index contributed by atoms with van der Waals surface area (Å²) < 4.78 is 93.4. The highest BCUT2D eigenvalue weighted by atomic mass is 35.5. The van der Waals surface area contributed by atoms with Crippen LogP contribution in [0.15, 0.2) is 36.8 Å². The highest BCUT2D eigenvalue weighted by Crippen LogP contribution is 2.38. The van der Waals surface area contributed by atoms with Crippen LogP contribution in [0.5, 0.6) is 0 Å². The molecule has 2 fully saturated rings. The quantitative estimate of drug-likeness (QED) is 0.452.